The van der Waals surface area contributed by atoms with Crippen molar-refractivity contribution in [1.29, 1.82) is 0 Å². The summed E-state index contributed by atoms with van der Waals surface area (Å²) in [6.45, 7) is 1.86. The lowest BCUT2D eigenvalue weighted by Gasteiger charge is -2.14. The first-order chi connectivity index (χ1) is 7.92. The Labute approximate surface area is 111 Å². The smallest absolute Gasteiger partial charge is 0.208 e. The molecule has 0 aliphatic heterocycles. The maximum Gasteiger partial charge on any atom is 0.243 e. The van der Waals surface area contributed by atoms with Gasteiger partial charge in [0.15, 0.2) is 0 Å². The molecule has 6 heteroatoms. The predicted molar refractivity (Wildman–Crippen MR) is 69.0 cm³/mol. The average Bonchev–Trinajstić information content (AvgIpc) is 2.98. The highest BCUT2D eigenvalue weighted by molar-refractivity contribution is 7.89. The molecule has 17 heavy (non-hydrogen) atoms. The second-order valence-electron chi connectivity index (χ2n) is 4.30. The minimum atomic E-state index is -3.64. The minimum Gasteiger partial charge on any atom is -0.208 e. The number of rotatable bonds is 4. The summed E-state index contributed by atoms with van der Waals surface area (Å²) in [5, 5.41) is 0.293. The van der Waals surface area contributed by atoms with E-state index in [0.717, 1.165) is 12.8 Å². The molecule has 1 N–H and O–H groups in total. The van der Waals surface area contributed by atoms with Crippen LogP contribution in [0.4, 0.5) is 0 Å². The fourth-order valence-corrected chi connectivity index (χ4v) is 4.19. The van der Waals surface area contributed by atoms with E-state index in [-0.39, 0.29) is 21.0 Å². The first kappa shape index (κ1) is 13.1. The maximum atomic E-state index is 12.1. The molecule has 0 aromatic heterocycles. The van der Waals surface area contributed by atoms with Gasteiger partial charge in [0.2, 0.25) is 10.0 Å². The van der Waals surface area contributed by atoms with Crippen LogP contribution in [0.15, 0.2) is 23.1 Å². The zero-order valence-electron chi connectivity index (χ0n) is 9.28. The van der Waals surface area contributed by atoms with Crippen molar-refractivity contribution in [3.63, 3.8) is 0 Å². The van der Waals surface area contributed by atoms with Crippen molar-refractivity contribution in [1.82, 2.24) is 4.72 Å². The summed E-state index contributed by atoms with van der Waals surface area (Å²) >= 11 is 11.8. The van der Waals surface area contributed by atoms with Crippen LogP contribution in [0.25, 0.3) is 0 Å². The van der Waals surface area contributed by atoms with Gasteiger partial charge >= 0.3 is 0 Å². The highest BCUT2D eigenvalue weighted by Gasteiger charge is 2.32. The summed E-state index contributed by atoms with van der Waals surface area (Å²) in [4.78, 5) is -0.0316. The minimum absolute atomic E-state index is 0.0316. The molecule has 2 rings (SSSR count). The van der Waals surface area contributed by atoms with E-state index >= 15 is 0 Å². The van der Waals surface area contributed by atoms with Gasteiger partial charge in [-0.2, -0.15) is 0 Å². The zero-order valence-corrected chi connectivity index (χ0v) is 11.6. The SMILES string of the molecule is C[C@@H](NS(=O)(=O)c1c(Cl)cccc1Cl)C1CC1. The van der Waals surface area contributed by atoms with Crippen molar-refractivity contribution in [2.45, 2.75) is 30.7 Å². The van der Waals surface area contributed by atoms with Crippen molar-refractivity contribution in [2.75, 3.05) is 0 Å². The number of hydrogen-bond donors (Lipinski definition) is 1. The molecule has 1 aliphatic carbocycles. The second kappa shape index (κ2) is 4.76. The van der Waals surface area contributed by atoms with E-state index in [9.17, 15) is 8.42 Å². The van der Waals surface area contributed by atoms with Crippen LogP contribution < -0.4 is 4.72 Å². The summed E-state index contributed by atoms with van der Waals surface area (Å²) in [7, 11) is -3.64. The normalized spacial score (nSPS) is 18.1. The highest BCUT2D eigenvalue weighted by atomic mass is 35.5. The summed E-state index contributed by atoms with van der Waals surface area (Å²) in [5.41, 5.74) is 0. The van der Waals surface area contributed by atoms with Crippen LogP contribution in [0, 0.1) is 5.92 Å². The molecule has 0 spiro atoms. The van der Waals surface area contributed by atoms with Gasteiger partial charge in [0.05, 0.1) is 10.0 Å². The third kappa shape index (κ3) is 2.94. The Morgan fingerprint density at radius 1 is 1.29 bits per heavy atom. The number of hydrogen-bond acceptors (Lipinski definition) is 2. The summed E-state index contributed by atoms with van der Waals surface area (Å²) in [6, 6.07) is 4.58. The molecule has 1 atom stereocenters. The van der Waals surface area contributed by atoms with Gasteiger partial charge in [-0.05, 0) is 37.8 Å². The molecule has 0 radical (unpaired) electrons. The first-order valence-electron chi connectivity index (χ1n) is 5.38. The Morgan fingerprint density at radius 3 is 2.29 bits per heavy atom. The molecule has 1 fully saturated rings. The van der Waals surface area contributed by atoms with Crippen molar-refractivity contribution >= 4 is 33.2 Å². The summed E-state index contributed by atoms with van der Waals surface area (Å²) < 4.78 is 26.9. The molecule has 94 valence electrons. The Bertz CT molecular complexity index is 506. The molecule has 1 aliphatic rings. The second-order valence-corrected chi connectivity index (χ2v) is 6.76. The molecular formula is C11H13Cl2NO2S. The Hall–Kier alpha value is -0.290. The lowest BCUT2D eigenvalue weighted by atomic mass is 10.2. The van der Waals surface area contributed by atoms with Crippen molar-refractivity contribution in [2.24, 2.45) is 5.92 Å². The predicted octanol–water partition coefficient (Wildman–Crippen LogP) is 3.07. The molecule has 1 aromatic rings. The van der Waals surface area contributed by atoms with Gasteiger partial charge in [-0.1, -0.05) is 29.3 Å². The Balaban J connectivity index is 2.30. The molecule has 0 saturated heterocycles. The van der Waals surface area contributed by atoms with Crippen molar-refractivity contribution in [3.05, 3.63) is 28.2 Å². The van der Waals surface area contributed by atoms with Crippen molar-refractivity contribution < 1.29 is 8.42 Å². The van der Waals surface area contributed by atoms with E-state index in [1.165, 1.54) is 12.1 Å². The Kier molecular flexibility index (Phi) is 3.69. The number of nitrogens with one attached hydrogen (secondary N) is 1. The Morgan fingerprint density at radius 2 is 1.82 bits per heavy atom. The maximum absolute atomic E-state index is 12.1. The van der Waals surface area contributed by atoms with Crippen LogP contribution >= 0.6 is 23.2 Å². The van der Waals surface area contributed by atoms with Crippen LogP contribution in [-0.2, 0) is 10.0 Å². The summed E-state index contributed by atoms with van der Waals surface area (Å²) in [6.07, 6.45) is 2.14. The van der Waals surface area contributed by atoms with Crippen LogP contribution in [0.2, 0.25) is 10.0 Å². The van der Waals surface area contributed by atoms with Gasteiger partial charge in [0, 0.05) is 6.04 Å². The molecule has 1 aromatic carbocycles. The topological polar surface area (TPSA) is 46.2 Å². The number of halogens is 2. The van der Waals surface area contributed by atoms with Gasteiger partial charge in [0.1, 0.15) is 4.90 Å². The van der Waals surface area contributed by atoms with Crippen LogP contribution in [0.5, 0.6) is 0 Å². The summed E-state index contributed by atoms with van der Waals surface area (Å²) in [5.74, 6) is 0.436. The van der Waals surface area contributed by atoms with Crippen LogP contribution in [-0.4, -0.2) is 14.5 Å². The molecule has 0 bridgehead atoms. The van der Waals surface area contributed by atoms with E-state index in [1.54, 1.807) is 6.07 Å². The first-order valence-corrected chi connectivity index (χ1v) is 7.62. The largest absolute Gasteiger partial charge is 0.243 e. The van der Waals surface area contributed by atoms with E-state index in [0.29, 0.717) is 5.92 Å². The molecule has 0 heterocycles. The lowest BCUT2D eigenvalue weighted by molar-refractivity contribution is 0.538. The van der Waals surface area contributed by atoms with Gasteiger partial charge in [-0.25, -0.2) is 13.1 Å². The highest BCUT2D eigenvalue weighted by Crippen LogP contribution is 2.34. The standard InChI is InChI=1S/C11H13Cl2NO2S/c1-7(8-5-6-8)14-17(15,16)11-9(12)3-2-4-10(11)13/h2-4,7-8,14H,5-6H2,1H3/t7-/m1/s1. The molecule has 0 unspecified atom stereocenters. The zero-order chi connectivity index (χ0) is 12.6. The molecule has 1 saturated carbocycles. The van der Waals surface area contributed by atoms with E-state index in [4.69, 9.17) is 23.2 Å². The van der Waals surface area contributed by atoms with E-state index < -0.39 is 10.0 Å². The molecular weight excluding hydrogens is 281 g/mol. The third-order valence-corrected chi connectivity index (χ3v) is 5.37. The third-order valence-electron chi connectivity index (χ3n) is 2.86. The van der Waals surface area contributed by atoms with E-state index in [2.05, 4.69) is 4.72 Å². The van der Waals surface area contributed by atoms with E-state index in [1.807, 2.05) is 6.92 Å². The number of benzene rings is 1. The fourth-order valence-electron chi connectivity index (χ4n) is 1.74. The van der Waals surface area contributed by atoms with Gasteiger partial charge < -0.3 is 0 Å². The number of sulfonamides is 1. The average molecular weight is 294 g/mol. The monoisotopic (exact) mass is 293 g/mol. The fraction of sp³-hybridized carbons (Fsp3) is 0.455. The van der Waals surface area contributed by atoms with Gasteiger partial charge in [-0.15, -0.1) is 0 Å². The van der Waals surface area contributed by atoms with Gasteiger partial charge in [0.25, 0.3) is 0 Å². The molecule has 3 nitrogen and oxygen atoms in total. The molecule has 0 amide bonds. The lowest BCUT2D eigenvalue weighted by Crippen LogP contribution is -2.34. The quantitative estimate of drug-likeness (QED) is 0.927. The van der Waals surface area contributed by atoms with Gasteiger partial charge in [-0.3, -0.25) is 0 Å². The van der Waals surface area contributed by atoms with Crippen LogP contribution in [0.3, 0.4) is 0 Å². The van der Waals surface area contributed by atoms with Crippen molar-refractivity contribution in [3.8, 4) is 0 Å². The van der Waals surface area contributed by atoms with Crippen LogP contribution in [0.1, 0.15) is 19.8 Å².